The molecule has 1 saturated carbocycles. The van der Waals surface area contributed by atoms with Gasteiger partial charge >= 0.3 is 12.1 Å². The summed E-state index contributed by atoms with van der Waals surface area (Å²) in [6.45, 7) is 0.515. The van der Waals surface area contributed by atoms with Crippen molar-refractivity contribution in [1.29, 1.82) is 0 Å². The Morgan fingerprint density at radius 2 is 1.74 bits per heavy atom. The minimum atomic E-state index is -4.67. The molecular formula is C31H30ClF3N2O6. The molecule has 228 valence electrons. The van der Waals surface area contributed by atoms with E-state index in [9.17, 15) is 22.8 Å². The van der Waals surface area contributed by atoms with Gasteiger partial charge in [0, 0.05) is 41.1 Å². The van der Waals surface area contributed by atoms with E-state index in [0.29, 0.717) is 59.2 Å². The maximum Gasteiger partial charge on any atom is 0.420 e. The molecule has 0 aromatic heterocycles. The Balaban J connectivity index is 1.43. The Labute approximate surface area is 251 Å². The molecule has 1 heterocycles. The monoisotopic (exact) mass is 618 g/mol. The first-order valence-electron chi connectivity index (χ1n) is 13.6. The molecule has 1 fully saturated rings. The molecule has 43 heavy (non-hydrogen) atoms. The van der Waals surface area contributed by atoms with Crippen molar-refractivity contribution in [2.45, 2.75) is 31.5 Å². The molecule has 0 radical (unpaired) electrons. The number of halogens is 4. The van der Waals surface area contributed by atoms with Crippen LogP contribution in [0.3, 0.4) is 0 Å². The van der Waals surface area contributed by atoms with Crippen LogP contribution in [0.5, 0.6) is 17.2 Å². The molecule has 8 nitrogen and oxygen atoms in total. The number of nitrogens with zero attached hydrogens (tertiary/aromatic N) is 1. The number of carboxylic acids is 1. The van der Waals surface area contributed by atoms with Gasteiger partial charge in [0.05, 0.1) is 32.3 Å². The number of carboxylic acid groups (broad SMARTS) is 1. The summed E-state index contributed by atoms with van der Waals surface area (Å²) < 4.78 is 57.9. The molecule has 12 heteroatoms. The van der Waals surface area contributed by atoms with Crippen LogP contribution >= 0.6 is 11.6 Å². The van der Waals surface area contributed by atoms with Crippen molar-refractivity contribution in [1.82, 2.24) is 0 Å². The van der Waals surface area contributed by atoms with Crippen LogP contribution in [0, 0.1) is 11.8 Å². The topological polar surface area (TPSA) is 97.3 Å². The van der Waals surface area contributed by atoms with Crippen LogP contribution in [-0.4, -0.2) is 44.4 Å². The highest BCUT2D eigenvalue weighted by Crippen LogP contribution is 2.43. The molecule has 0 bridgehead atoms. The number of nitrogens with one attached hydrogen (secondary N) is 1. The minimum Gasteiger partial charge on any atom is -0.497 e. The van der Waals surface area contributed by atoms with E-state index in [-0.39, 0.29) is 29.8 Å². The Morgan fingerprint density at radius 3 is 2.37 bits per heavy atom. The van der Waals surface area contributed by atoms with E-state index < -0.39 is 29.7 Å². The zero-order chi connectivity index (χ0) is 30.9. The number of rotatable bonds is 10. The molecule has 1 aliphatic heterocycles. The van der Waals surface area contributed by atoms with E-state index in [4.69, 9.17) is 30.9 Å². The molecule has 0 spiro atoms. The second kappa shape index (κ2) is 12.2. The average Bonchev–Trinajstić information content (AvgIpc) is 3.37. The number of anilines is 2. The standard InChI is InChI=1S/C31H30ClF3N2O6/c1-41-23-12-22(13-24(14-23)43-16-17-9-20(10-17)30(39)40)36-28(18-3-5-21(32)6-4-18)29(38)37-8-7-19-11-27(42-2)25(15-26(19)37)31(33,34)35/h3-6,11-15,17,20,28,36H,7-10,16H2,1-2H3,(H,39,40). The molecule has 3 aromatic rings. The van der Waals surface area contributed by atoms with Gasteiger partial charge in [0.25, 0.3) is 5.91 Å². The summed E-state index contributed by atoms with van der Waals surface area (Å²) in [6.07, 6.45) is -3.23. The lowest BCUT2D eigenvalue weighted by molar-refractivity contribution is -0.146. The number of alkyl halides is 3. The maximum atomic E-state index is 14.1. The zero-order valence-electron chi connectivity index (χ0n) is 23.4. The Kier molecular flexibility index (Phi) is 8.64. The number of carbonyl (C=O) groups excluding carboxylic acids is 1. The summed E-state index contributed by atoms with van der Waals surface area (Å²) in [6, 6.07) is 13.0. The largest absolute Gasteiger partial charge is 0.497 e. The summed E-state index contributed by atoms with van der Waals surface area (Å²) >= 11 is 6.10. The van der Waals surface area contributed by atoms with Crippen LogP contribution in [-0.2, 0) is 22.2 Å². The zero-order valence-corrected chi connectivity index (χ0v) is 24.2. The van der Waals surface area contributed by atoms with Crippen molar-refractivity contribution in [3.63, 3.8) is 0 Å². The van der Waals surface area contributed by atoms with E-state index in [1.165, 1.54) is 25.2 Å². The van der Waals surface area contributed by atoms with E-state index in [1.54, 1.807) is 42.5 Å². The van der Waals surface area contributed by atoms with E-state index in [2.05, 4.69) is 5.32 Å². The normalized spacial score (nSPS) is 18.3. The number of benzene rings is 3. The molecule has 5 rings (SSSR count). The summed E-state index contributed by atoms with van der Waals surface area (Å²) in [4.78, 5) is 26.6. The van der Waals surface area contributed by atoms with Gasteiger partial charge in [-0.05, 0) is 60.6 Å². The van der Waals surface area contributed by atoms with Crippen molar-refractivity contribution in [3.8, 4) is 17.2 Å². The molecule has 1 amide bonds. The molecule has 3 aromatic carbocycles. The number of fused-ring (bicyclic) bond motifs is 1. The number of ether oxygens (including phenoxy) is 3. The Morgan fingerprint density at radius 1 is 1.05 bits per heavy atom. The van der Waals surface area contributed by atoms with Gasteiger partial charge < -0.3 is 29.5 Å². The van der Waals surface area contributed by atoms with Crippen LogP contribution in [0.25, 0.3) is 0 Å². The van der Waals surface area contributed by atoms with Crippen LogP contribution in [0.4, 0.5) is 24.5 Å². The quantitative estimate of drug-likeness (QED) is 0.264. The average molecular weight is 619 g/mol. The molecular weight excluding hydrogens is 589 g/mol. The highest BCUT2D eigenvalue weighted by Gasteiger charge is 2.39. The molecule has 0 saturated heterocycles. The van der Waals surface area contributed by atoms with Gasteiger partial charge in [0.15, 0.2) is 0 Å². The molecule has 2 N–H and O–H groups in total. The molecule has 2 aliphatic rings. The van der Waals surface area contributed by atoms with Crippen molar-refractivity contribution in [3.05, 3.63) is 76.3 Å². The van der Waals surface area contributed by atoms with Crippen LogP contribution in [0.15, 0.2) is 54.6 Å². The lowest BCUT2D eigenvalue weighted by atomic mass is 9.75. The number of methoxy groups -OCH3 is 2. The lowest BCUT2D eigenvalue weighted by Gasteiger charge is -2.32. The first kappa shape index (κ1) is 30.3. The fraction of sp³-hybridized carbons (Fsp3) is 0.355. The second-order valence-electron chi connectivity index (χ2n) is 10.6. The lowest BCUT2D eigenvalue weighted by Crippen LogP contribution is -2.37. The number of hydrogen-bond donors (Lipinski definition) is 2. The third kappa shape index (κ3) is 6.61. The maximum absolute atomic E-state index is 14.1. The third-order valence-electron chi connectivity index (χ3n) is 7.82. The smallest absolute Gasteiger partial charge is 0.420 e. The second-order valence-corrected chi connectivity index (χ2v) is 11.1. The summed E-state index contributed by atoms with van der Waals surface area (Å²) in [5.41, 5.74) is 0.817. The summed E-state index contributed by atoms with van der Waals surface area (Å²) in [7, 11) is 2.67. The predicted octanol–water partition coefficient (Wildman–Crippen LogP) is 6.61. The van der Waals surface area contributed by atoms with Gasteiger partial charge in [-0.1, -0.05) is 23.7 Å². The third-order valence-corrected chi connectivity index (χ3v) is 8.07. The van der Waals surface area contributed by atoms with E-state index in [1.807, 2.05) is 0 Å². The van der Waals surface area contributed by atoms with E-state index in [0.717, 1.165) is 6.07 Å². The first-order valence-corrected chi connectivity index (χ1v) is 14.0. The fourth-order valence-electron chi connectivity index (χ4n) is 5.44. The highest BCUT2D eigenvalue weighted by atomic mass is 35.5. The van der Waals surface area contributed by atoms with Crippen molar-refractivity contribution >= 4 is 34.9 Å². The predicted molar refractivity (Wildman–Crippen MR) is 154 cm³/mol. The van der Waals surface area contributed by atoms with Gasteiger partial charge in [-0.15, -0.1) is 0 Å². The summed E-state index contributed by atoms with van der Waals surface area (Å²) in [5, 5.41) is 12.8. The minimum absolute atomic E-state index is 0.113. The first-order chi connectivity index (χ1) is 20.5. The van der Waals surface area contributed by atoms with Crippen molar-refractivity contribution in [2.24, 2.45) is 11.8 Å². The van der Waals surface area contributed by atoms with Gasteiger partial charge in [-0.2, -0.15) is 13.2 Å². The number of carbonyl (C=O) groups is 2. The van der Waals surface area contributed by atoms with Gasteiger partial charge in [0.1, 0.15) is 23.3 Å². The van der Waals surface area contributed by atoms with Crippen LogP contribution in [0.1, 0.15) is 35.6 Å². The van der Waals surface area contributed by atoms with Crippen LogP contribution < -0.4 is 24.4 Å². The van der Waals surface area contributed by atoms with Crippen molar-refractivity contribution in [2.75, 3.05) is 37.6 Å². The molecule has 1 aliphatic carbocycles. The Bertz CT molecular complexity index is 1510. The molecule has 1 atom stereocenters. The van der Waals surface area contributed by atoms with Gasteiger partial charge in [-0.3, -0.25) is 9.59 Å². The summed E-state index contributed by atoms with van der Waals surface area (Å²) in [5.74, 6) is -0.898. The Hall–Kier alpha value is -4.12. The SMILES string of the molecule is COc1cc(NC(C(=O)N2CCc3cc(OC)c(C(F)(F)F)cc32)c2ccc(Cl)cc2)cc(OCC2CC(C(=O)O)C2)c1. The van der Waals surface area contributed by atoms with Gasteiger partial charge in [0.2, 0.25) is 0 Å². The highest BCUT2D eigenvalue weighted by molar-refractivity contribution is 6.30. The van der Waals surface area contributed by atoms with Crippen molar-refractivity contribution < 1.29 is 42.1 Å². The van der Waals surface area contributed by atoms with Gasteiger partial charge in [-0.25, -0.2) is 0 Å². The molecule has 1 unspecified atom stereocenters. The number of amides is 1. The number of hydrogen-bond acceptors (Lipinski definition) is 6. The van der Waals surface area contributed by atoms with Crippen LogP contribution in [0.2, 0.25) is 5.02 Å². The van der Waals surface area contributed by atoms with E-state index >= 15 is 0 Å². The number of aliphatic carboxylic acids is 1. The fourth-order valence-corrected chi connectivity index (χ4v) is 5.57.